The van der Waals surface area contributed by atoms with Crippen molar-refractivity contribution in [2.45, 2.75) is 71.0 Å². The third-order valence-electron chi connectivity index (χ3n) is 4.97. The molecule has 1 rings (SSSR count). The number of rotatable bonds is 5. The van der Waals surface area contributed by atoms with E-state index in [-0.39, 0.29) is 11.0 Å². The lowest BCUT2D eigenvalue weighted by atomic mass is 9.80. The van der Waals surface area contributed by atoms with Crippen molar-refractivity contribution in [3.8, 4) is 0 Å². The van der Waals surface area contributed by atoms with Crippen LogP contribution in [0.15, 0.2) is 0 Å². The number of hydrogen-bond acceptors (Lipinski definition) is 2. The average molecular weight is 286 g/mol. The SMILES string of the molecule is CC(C)(C)[Si](C)(C)OCC(C(=O)O)C1CCCCC1. The molecule has 0 radical (unpaired) electrons. The zero-order valence-corrected chi connectivity index (χ0v) is 14.2. The summed E-state index contributed by atoms with van der Waals surface area (Å²) in [5, 5.41) is 9.60. The summed E-state index contributed by atoms with van der Waals surface area (Å²) in [6.45, 7) is 11.3. The molecule has 0 aromatic rings. The minimum absolute atomic E-state index is 0.141. The van der Waals surface area contributed by atoms with Crippen molar-refractivity contribution in [1.29, 1.82) is 0 Å². The van der Waals surface area contributed by atoms with E-state index in [9.17, 15) is 9.90 Å². The van der Waals surface area contributed by atoms with Crippen molar-refractivity contribution in [2.75, 3.05) is 6.61 Å². The highest BCUT2D eigenvalue weighted by Gasteiger charge is 2.39. The van der Waals surface area contributed by atoms with Gasteiger partial charge in [-0.05, 0) is 36.9 Å². The van der Waals surface area contributed by atoms with Gasteiger partial charge in [0.1, 0.15) is 0 Å². The Labute approximate surface area is 118 Å². The van der Waals surface area contributed by atoms with Gasteiger partial charge in [-0.2, -0.15) is 0 Å². The topological polar surface area (TPSA) is 46.5 Å². The second-order valence-corrected chi connectivity index (χ2v) is 12.2. The standard InChI is InChI=1S/C15H30O3Si/c1-15(2,3)19(4,5)18-11-13(14(16)17)12-9-7-6-8-10-12/h12-13H,6-11H2,1-5H3,(H,16,17). The van der Waals surface area contributed by atoms with Gasteiger partial charge in [-0.1, -0.05) is 40.0 Å². The molecule has 1 fully saturated rings. The van der Waals surface area contributed by atoms with Gasteiger partial charge >= 0.3 is 5.97 Å². The van der Waals surface area contributed by atoms with E-state index in [1.54, 1.807) is 0 Å². The minimum Gasteiger partial charge on any atom is -0.481 e. The van der Waals surface area contributed by atoms with Crippen molar-refractivity contribution in [3.63, 3.8) is 0 Å². The Balaban J connectivity index is 2.62. The molecule has 0 spiro atoms. The first-order valence-electron chi connectivity index (χ1n) is 7.52. The third-order valence-corrected chi connectivity index (χ3v) is 9.47. The molecule has 0 aliphatic heterocycles. The monoisotopic (exact) mass is 286 g/mol. The maximum Gasteiger partial charge on any atom is 0.309 e. The Bertz CT molecular complexity index is 301. The highest BCUT2D eigenvalue weighted by Crippen LogP contribution is 2.38. The maximum atomic E-state index is 11.5. The smallest absolute Gasteiger partial charge is 0.309 e. The molecule has 1 saturated carbocycles. The number of carboxylic acid groups (broad SMARTS) is 1. The molecule has 0 aromatic heterocycles. The van der Waals surface area contributed by atoms with Gasteiger partial charge in [0.2, 0.25) is 0 Å². The lowest BCUT2D eigenvalue weighted by Crippen LogP contribution is -2.43. The highest BCUT2D eigenvalue weighted by atomic mass is 28.4. The van der Waals surface area contributed by atoms with Crippen LogP contribution in [0.25, 0.3) is 0 Å². The Hall–Kier alpha value is -0.353. The van der Waals surface area contributed by atoms with Crippen LogP contribution in [0.3, 0.4) is 0 Å². The molecule has 1 aliphatic carbocycles. The molecule has 19 heavy (non-hydrogen) atoms. The van der Waals surface area contributed by atoms with Gasteiger partial charge in [0.15, 0.2) is 8.32 Å². The summed E-state index contributed by atoms with van der Waals surface area (Å²) in [6, 6.07) is 0. The lowest BCUT2D eigenvalue weighted by molar-refractivity contribution is -0.145. The first-order valence-corrected chi connectivity index (χ1v) is 10.4. The van der Waals surface area contributed by atoms with Crippen LogP contribution < -0.4 is 0 Å². The zero-order valence-electron chi connectivity index (χ0n) is 13.2. The van der Waals surface area contributed by atoms with Crippen molar-refractivity contribution >= 4 is 14.3 Å². The normalized spacial score (nSPS) is 20.3. The second-order valence-electron chi connectivity index (χ2n) is 7.41. The molecule has 1 aliphatic rings. The van der Waals surface area contributed by atoms with Crippen LogP contribution >= 0.6 is 0 Å². The van der Waals surface area contributed by atoms with E-state index in [0.29, 0.717) is 12.5 Å². The van der Waals surface area contributed by atoms with E-state index in [1.165, 1.54) is 19.3 Å². The van der Waals surface area contributed by atoms with Gasteiger partial charge in [-0.25, -0.2) is 0 Å². The first kappa shape index (κ1) is 16.7. The van der Waals surface area contributed by atoms with Crippen molar-refractivity contribution < 1.29 is 14.3 Å². The number of aliphatic carboxylic acids is 1. The fourth-order valence-electron chi connectivity index (χ4n) is 2.46. The summed E-state index contributed by atoms with van der Waals surface area (Å²) < 4.78 is 6.13. The predicted molar refractivity (Wildman–Crippen MR) is 80.8 cm³/mol. The van der Waals surface area contributed by atoms with Gasteiger partial charge in [-0.15, -0.1) is 0 Å². The first-order chi connectivity index (χ1) is 8.65. The summed E-state index contributed by atoms with van der Waals surface area (Å²) >= 11 is 0. The number of carboxylic acids is 1. The third kappa shape index (κ3) is 4.60. The zero-order chi connectivity index (χ0) is 14.7. The van der Waals surface area contributed by atoms with Crippen LogP contribution in [0.4, 0.5) is 0 Å². The summed E-state index contributed by atoms with van der Waals surface area (Å²) in [7, 11) is -1.84. The Morgan fingerprint density at radius 2 is 1.79 bits per heavy atom. The molecule has 0 saturated heterocycles. The molecular weight excluding hydrogens is 256 g/mol. The second kappa shape index (κ2) is 6.40. The van der Waals surface area contributed by atoms with Crippen LogP contribution in [-0.4, -0.2) is 26.0 Å². The summed E-state index contributed by atoms with van der Waals surface area (Å²) in [5.74, 6) is -0.670. The van der Waals surface area contributed by atoms with E-state index >= 15 is 0 Å². The van der Waals surface area contributed by atoms with Crippen LogP contribution in [0, 0.1) is 11.8 Å². The fraction of sp³-hybridized carbons (Fsp3) is 0.933. The molecule has 0 bridgehead atoms. The van der Waals surface area contributed by atoms with Crippen molar-refractivity contribution in [3.05, 3.63) is 0 Å². The van der Waals surface area contributed by atoms with E-state index in [0.717, 1.165) is 12.8 Å². The molecule has 1 unspecified atom stereocenters. The van der Waals surface area contributed by atoms with E-state index < -0.39 is 14.3 Å². The molecule has 1 N–H and O–H groups in total. The molecule has 0 amide bonds. The van der Waals surface area contributed by atoms with E-state index in [4.69, 9.17) is 4.43 Å². The van der Waals surface area contributed by atoms with Crippen LogP contribution in [0.1, 0.15) is 52.9 Å². The summed E-state index contributed by atoms with van der Waals surface area (Å²) in [6.07, 6.45) is 5.71. The molecule has 1 atom stereocenters. The number of hydrogen-bond donors (Lipinski definition) is 1. The van der Waals surface area contributed by atoms with Gasteiger partial charge in [-0.3, -0.25) is 4.79 Å². The summed E-state index contributed by atoms with van der Waals surface area (Å²) in [4.78, 5) is 11.5. The maximum absolute atomic E-state index is 11.5. The number of carbonyl (C=O) groups is 1. The van der Waals surface area contributed by atoms with Gasteiger partial charge in [0, 0.05) is 6.61 Å². The highest BCUT2D eigenvalue weighted by molar-refractivity contribution is 6.74. The Kier molecular flexibility index (Phi) is 5.62. The molecule has 3 nitrogen and oxygen atoms in total. The minimum atomic E-state index is -1.84. The summed E-state index contributed by atoms with van der Waals surface area (Å²) in [5.41, 5.74) is 0. The Morgan fingerprint density at radius 3 is 2.21 bits per heavy atom. The van der Waals surface area contributed by atoms with Crippen molar-refractivity contribution in [1.82, 2.24) is 0 Å². The molecule has 0 heterocycles. The van der Waals surface area contributed by atoms with Crippen molar-refractivity contribution in [2.24, 2.45) is 11.8 Å². The average Bonchev–Trinajstić information content (AvgIpc) is 2.28. The molecule has 112 valence electrons. The Morgan fingerprint density at radius 1 is 1.26 bits per heavy atom. The molecule has 0 aromatic carbocycles. The fourth-order valence-corrected chi connectivity index (χ4v) is 3.49. The largest absolute Gasteiger partial charge is 0.481 e. The van der Waals surface area contributed by atoms with Crippen LogP contribution in [0.5, 0.6) is 0 Å². The van der Waals surface area contributed by atoms with E-state index in [2.05, 4.69) is 33.9 Å². The molecular formula is C15H30O3Si. The lowest BCUT2D eigenvalue weighted by Gasteiger charge is -2.38. The quantitative estimate of drug-likeness (QED) is 0.767. The van der Waals surface area contributed by atoms with Crippen LogP contribution in [0.2, 0.25) is 18.1 Å². The van der Waals surface area contributed by atoms with Gasteiger partial charge < -0.3 is 9.53 Å². The predicted octanol–water partition coefficient (Wildman–Crippen LogP) is 4.29. The van der Waals surface area contributed by atoms with Gasteiger partial charge in [0.05, 0.1) is 5.92 Å². The van der Waals surface area contributed by atoms with E-state index in [1.807, 2.05) is 0 Å². The van der Waals surface area contributed by atoms with Crippen LogP contribution in [-0.2, 0) is 9.22 Å². The molecule has 4 heteroatoms. The van der Waals surface area contributed by atoms with Gasteiger partial charge in [0.25, 0.3) is 0 Å².